The van der Waals surface area contributed by atoms with E-state index in [2.05, 4.69) is 115 Å². The van der Waals surface area contributed by atoms with Gasteiger partial charge in [0.2, 0.25) is 0 Å². The lowest BCUT2D eigenvalue weighted by atomic mass is 9.74. The van der Waals surface area contributed by atoms with Gasteiger partial charge in [-0.2, -0.15) is 0 Å². The van der Waals surface area contributed by atoms with Crippen LogP contribution in [0.4, 0.5) is 0 Å². The van der Waals surface area contributed by atoms with Crippen molar-refractivity contribution in [2.45, 2.75) is 19.1 Å². The van der Waals surface area contributed by atoms with Gasteiger partial charge in [-0.15, -0.1) is 0 Å². The molecule has 0 aliphatic carbocycles. The van der Waals surface area contributed by atoms with Gasteiger partial charge in [0.1, 0.15) is 11.5 Å². The highest BCUT2D eigenvalue weighted by Crippen LogP contribution is 2.53. The number of fused-ring (bicyclic) bond motifs is 2. The van der Waals surface area contributed by atoms with Crippen molar-refractivity contribution < 1.29 is 13.0 Å². The molecule has 248 valence electrons. The van der Waals surface area contributed by atoms with Gasteiger partial charge in [-0.3, -0.25) is 0 Å². The Morgan fingerprint density at radius 3 is 1.40 bits per heavy atom. The molecule has 8 aromatic rings. The fraction of sp³-hybridized carbons (Fsp3) is 0.0588. The minimum absolute atomic E-state index is 0.112. The highest BCUT2D eigenvalue weighted by Gasteiger charge is 2.35. The molecule has 0 saturated carbocycles. The summed E-state index contributed by atoms with van der Waals surface area (Å²) in [6.45, 7) is -5.87. The molecule has 0 unspecified atom stereocenters. The first-order chi connectivity index (χ1) is 28.1. The Morgan fingerprint density at radius 2 is 0.827 bits per heavy atom. The SMILES string of the molecule is [2H]C([2H])([2H])C1(C([2H])([2H])[2H])c2ccccc2Oc2c(-c3cccc(-c4c(-c5ccccc5)c(-c5ccccc5)cc(-c5ccccc5)c4-c4ccccc4)c3)cccc21. The predicted molar refractivity (Wildman–Crippen MR) is 218 cm³/mol. The molecule has 1 heterocycles. The maximum atomic E-state index is 8.82. The average Bonchev–Trinajstić information content (AvgIpc) is 3.25. The number of hydrogen-bond acceptors (Lipinski definition) is 1. The minimum Gasteiger partial charge on any atom is -0.456 e. The molecular formula is C51H38O. The van der Waals surface area contributed by atoms with Crippen molar-refractivity contribution in [1.82, 2.24) is 0 Å². The smallest absolute Gasteiger partial charge is 0.139 e. The third kappa shape index (κ3) is 5.43. The maximum absolute atomic E-state index is 8.82. The molecule has 52 heavy (non-hydrogen) atoms. The molecule has 0 atom stereocenters. The molecule has 0 bridgehead atoms. The number of ether oxygens (including phenoxy) is 1. The van der Waals surface area contributed by atoms with Crippen LogP contribution in [-0.2, 0) is 5.41 Å². The fourth-order valence-corrected chi connectivity index (χ4v) is 7.60. The lowest BCUT2D eigenvalue weighted by molar-refractivity contribution is 0.419. The highest BCUT2D eigenvalue weighted by atomic mass is 16.5. The molecule has 8 aromatic carbocycles. The van der Waals surface area contributed by atoms with E-state index in [9.17, 15) is 0 Å². The largest absolute Gasteiger partial charge is 0.456 e. The van der Waals surface area contributed by atoms with Gasteiger partial charge in [-0.1, -0.05) is 190 Å². The average molecular weight is 673 g/mol. The van der Waals surface area contributed by atoms with Gasteiger partial charge in [-0.05, 0) is 79.4 Å². The molecular weight excluding hydrogens is 629 g/mol. The second kappa shape index (κ2) is 13.0. The summed E-state index contributed by atoms with van der Waals surface area (Å²) >= 11 is 0. The van der Waals surface area contributed by atoms with E-state index in [0.717, 1.165) is 61.2 Å². The Labute approximate surface area is 314 Å². The third-order valence-electron chi connectivity index (χ3n) is 10.0. The van der Waals surface area contributed by atoms with Crippen molar-refractivity contribution in [3.63, 3.8) is 0 Å². The van der Waals surface area contributed by atoms with Crippen molar-refractivity contribution in [3.05, 3.63) is 205 Å². The zero-order valence-electron chi connectivity index (χ0n) is 34.4. The monoisotopic (exact) mass is 672 g/mol. The summed E-state index contributed by atoms with van der Waals surface area (Å²) < 4.78 is 59.5. The van der Waals surface area contributed by atoms with E-state index in [1.54, 1.807) is 36.4 Å². The van der Waals surface area contributed by atoms with Crippen molar-refractivity contribution in [2.75, 3.05) is 0 Å². The van der Waals surface area contributed by atoms with Crippen LogP contribution in [0.5, 0.6) is 11.5 Å². The van der Waals surface area contributed by atoms with E-state index in [1.807, 2.05) is 42.5 Å². The normalized spacial score (nSPS) is 14.9. The molecule has 0 aromatic heterocycles. The van der Waals surface area contributed by atoms with Gasteiger partial charge in [-0.25, -0.2) is 0 Å². The van der Waals surface area contributed by atoms with Crippen LogP contribution in [0.3, 0.4) is 0 Å². The van der Waals surface area contributed by atoms with Gasteiger partial charge in [0.15, 0.2) is 0 Å². The zero-order valence-corrected chi connectivity index (χ0v) is 28.4. The summed E-state index contributed by atoms with van der Waals surface area (Å²) in [5, 5.41) is 0. The Balaban J connectivity index is 1.38. The number of benzene rings is 8. The van der Waals surface area contributed by atoms with Gasteiger partial charge >= 0.3 is 0 Å². The van der Waals surface area contributed by atoms with Crippen molar-refractivity contribution in [1.29, 1.82) is 0 Å². The van der Waals surface area contributed by atoms with E-state index in [4.69, 9.17) is 13.0 Å². The summed E-state index contributed by atoms with van der Waals surface area (Å²) in [7, 11) is 0. The standard InChI is InChI=1S/C51H38O/c1-51(2)44-30-15-16-32-46(44)52-50-41(29-18-31-45(50)51)39-27-17-28-40(33-39)49-47(37-23-11-5-12-24-37)42(35-19-7-3-8-20-35)34-43(36-21-9-4-10-22-36)48(49)38-25-13-6-14-26-38/h3-34H,1-2H3/i1D3,2D3. The lowest BCUT2D eigenvalue weighted by Crippen LogP contribution is -2.24. The van der Waals surface area contributed by atoms with Crippen LogP contribution in [0.25, 0.3) is 66.8 Å². The van der Waals surface area contributed by atoms with Gasteiger partial charge < -0.3 is 4.74 Å². The summed E-state index contributed by atoms with van der Waals surface area (Å²) in [5.74, 6) is 0.437. The first-order valence-corrected chi connectivity index (χ1v) is 17.5. The van der Waals surface area contributed by atoms with Crippen molar-refractivity contribution in [2.24, 2.45) is 0 Å². The van der Waals surface area contributed by atoms with Crippen LogP contribution in [0.2, 0.25) is 0 Å². The van der Waals surface area contributed by atoms with Crippen molar-refractivity contribution >= 4 is 0 Å². The van der Waals surface area contributed by atoms with E-state index in [0.29, 0.717) is 5.56 Å². The number of hydrogen-bond donors (Lipinski definition) is 0. The Hall–Kier alpha value is -6.44. The first kappa shape index (κ1) is 25.5. The molecule has 1 aliphatic rings. The molecule has 9 rings (SSSR count). The van der Waals surface area contributed by atoms with E-state index in [1.165, 1.54) is 0 Å². The quantitative estimate of drug-likeness (QED) is 0.171. The van der Waals surface area contributed by atoms with Crippen LogP contribution >= 0.6 is 0 Å². The fourth-order valence-electron chi connectivity index (χ4n) is 7.60. The second-order valence-electron chi connectivity index (χ2n) is 13.2. The lowest BCUT2D eigenvalue weighted by Gasteiger charge is -2.35. The number of rotatable bonds is 6. The molecule has 0 N–H and O–H groups in total. The Bertz CT molecular complexity index is 2640. The number of para-hydroxylation sites is 2. The van der Waals surface area contributed by atoms with Crippen LogP contribution in [0, 0.1) is 0 Å². The molecule has 0 radical (unpaired) electrons. The van der Waals surface area contributed by atoms with Crippen molar-refractivity contribution in [3.8, 4) is 78.3 Å². The van der Waals surface area contributed by atoms with E-state index < -0.39 is 19.1 Å². The Kier molecular flexibility index (Phi) is 6.39. The summed E-state index contributed by atoms with van der Waals surface area (Å²) in [4.78, 5) is 0. The molecule has 0 spiro atoms. The second-order valence-corrected chi connectivity index (χ2v) is 13.2. The predicted octanol–water partition coefficient (Wildman–Crippen LogP) is 14.1. The van der Waals surface area contributed by atoms with Gasteiger partial charge in [0, 0.05) is 30.3 Å². The first-order valence-electron chi connectivity index (χ1n) is 20.5. The topological polar surface area (TPSA) is 9.23 Å². The molecule has 1 aliphatic heterocycles. The zero-order chi connectivity index (χ0) is 40.1. The summed E-state index contributed by atoms with van der Waals surface area (Å²) in [5.41, 5.74) is 9.73. The van der Waals surface area contributed by atoms with E-state index >= 15 is 0 Å². The molecule has 0 amide bonds. The van der Waals surface area contributed by atoms with Crippen LogP contribution in [0.15, 0.2) is 194 Å². The molecule has 1 nitrogen and oxygen atoms in total. The third-order valence-corrected chi connectivity index (χ3v) is 10.0. The maximum Gasteiger partial charge on any atom is 0.139 e. The molecule has 0 saturated heterocycles. The van der Waals surface area contributed by atoms with Crippen LogP contribution in [-0.4, -0.2) is 0 Å². The van der Waals surface area contributed by atoms with Crippen LogP contribution < -0.4 is 4.74 Å². The van der Waals surface area contributed by atoms with Gasteiger partial charge in [0.25, 0.3) is 0 Å². The summed E-state index contributed by atoms with van der Waals surface area (Å²) in [6.07, 6.45) is 0. The highest BCUT2D eigenvalue weighted by molar-refractivity contribution is 6.07. The van der Waals surface area contributed by atoms with E-state index in [-0.39, 0.29) is 22.6 Å². The molecule has 0 fully saturated rings. The molecule has 1 heteroatoms. The minimum atomic E-state index is -2.94. The van der Waals surface area contributed by atoms with Crippen LogP contribution in [0.1, 0.15) is 33.1 Å². The van der Waals surface area contributed by atoms with Gasteiger partial charge in [0.05, 0.1) is 0 Å². The summed E-state index contributed by atoms with van der Waals surface area (Å²) in [6, 6.07) is 64.1. The Morgan fingerprint density at radius 1 is 0.365 bits per heavy atom.